The molecule has 0 saturated carbocycles. The van der Waals surface area contributed by atoms with Crippen molar-refractivity contribution in [3.63, 3.8) is 0 Å². The molecule has 1 atom stereocenters. The third-order valence-electron chi connectivity index (χ3n) is 4.36. The van der Waals surface area contributed by atoms with E-state index >= 15 is 0 Å². The van der Waals surface area contributed by atoms with Gasteiger partial charge in [0.1, 0.15) is 0 Å². The molecule has 0 spiro atoms. The monoisotopic (exact) mass is 474 g/mol. The number of carbonyl (C=O) groups excluding carboxylic acids is 1. The highest BCUT2D eigenvalue weighted by molar-refractivity contribution is 14.0. The Kier molecular flexibility index (Phi) is 9.35. The highest BCUT2D eigenvalue weighted by Crippen LogP contribution is 2.23. The molecule has 1 aromatic carbocycles. The molecule has 1 fully saturated rings. The van der Waals surface area contributed by atoms with Crippen molar-refractivity contribution >= 4 is 41.5 Å². The predicted octanol–water partition coefficient (Wildman–Crippen LogP) is 3.13. The zero-order valence-corrected chi connectivity index (χ0v) is 18.4. The Morgan fingerprint density at radius 2 is 1.96 bits per heavy atom. The molecule has 0 aromatic heterocycles. The van der Waals surface area contributed by atoms with Gasteiger partial charge in [-0.15, -0.1) is 24.0 Å². The highest BCUT2D eigenvalue weighted by atomic mass is 127. The van der Waals surface area contributed by atoms with E-state index in [1.165, 1.54) is 0 Å². The van der Waals surface area contributed by atoms with E-state index < -0.39 is 0 Å². The molecule has 6 nitrogen and oxygen atoms in total. The van der Waals surface area contributed by atoms with E-state index in [4.69, 9.17) is 4.74 Å². The van der Waals surface area contributed by atoms with Gasteiger partial charge in [0.05, 0.1) is 5.60 Å². The van der Waals surface area contributed by atoms with Crippen molar-refractivity contribution in [1.82, 2.24) is 10.6 Å². The van der Waals surface area contributed by atoms with Crippen molar-refractivity contribution in [2.75, 3.05) is 25.5 Å². The molecule has 0 aliphatic carbocycles. The average Bonchev–Trinajstić information content (AvgIpc) is 3.03. The first-order chi connectivity index (χ1) is 11.9. The number of nitrogens with zero attached hydrogens (tertiary/aromatic N) is 1. The smallest absolute Gasteiger partial charge is 0.226 e. The Bertz CT molecular complexity index is 596. The number of anilines is 1. The molecule has 7 heteroatoms. The van der Waals surface area contributed by atoms with Gasteiger partial charge in [-0.3, -0.25) is 9.79 Å². The Morgan fingerprint density at radius 1 is 1.27 bits per heavy atom. The first-order valence-electron chi connectivity index (χ1n) is 8.90. The first kappa shape index (κ1) is 22.7. The molecule has 2 rings (SSSR count). The third-order valence-corrected chi connectivity index (χ3v) is 4.36. The van der Waals surface area contributed by atoms with Gasteiger partial charge in [-0.25, -0.2) is 0 Å². The number of aliphatic imine (C=N–C) groups is 1. The van der Waals surface area contributed by atoms with Crippen molar-refractivity contribution in [2.24, 2.45) is 10.9 Å². The summed E-state index contributed by atoms with van der Waals surface area (Å²) in [6.07, 6.45) is 2.18. The molecule has 0 radical (unpaired) electrons. The van der Waals surface area contributed by atoms with Crippen LogP contribution in [0.4, 0.5) is 5.69 Å². The molecule has 1 aromatic rings. The summed E-state index contributed by atoms with van der Waals surface area (Å²) in [5, 5.41) is 9.52. The summed E-state index contributed by atoms with van der Waals surface area (Å²) < 4.78 is 5.78. The van der Waals surface area contributed by atoms with E-state index in [1.54, 1.807) is 7.05 Å². The van der Waals surface area contributed by atoms with Crippen molar-refractivity contribution < 1.29 is 9.53 Å². The topological polar surface area (TPSA) is 74.8 Å². The number of nitrogens with one attached hydrogen (secondary N) is 3. The molecule has 1 unspecified atom stereocenters. The Labute approximate surface area is 173 Å². The normalized spacial score (nSPS) is 19.8. The maximum atomic E-state index is 11.7. The van der Waals surface area contributed by atoms with Crippen LogP contribution < -0.4 is 16.0 Å². The number of guanidine groups is 1. The summed E-state index contributed by atoms with van der Waals surface area (Å²) in [6.45, 7) is 8.13. The number of hydrogen-bond donors (Lipinski definition) is 3. The fourth-order valence-electron chi connectivity index (χ4n) is 2.65. The van der Waals surface area contributed by atoms with Gasteiger partial charge in [0, 0.05) is 38.3 Å². The second-order valence-electron chi connectivity index (χ2n) is 7.02. The number of benzene rings is 1. The molecule has 1 heterocycles. The molecule has 1 aliphatic rings. The Balaban J connectivity index is 0.00000338. The van der Waals surface area contributed by atoms with E-state index in [2.05, 4.69) is 27.9 Å². The van der Waals surface area contributed by atoms with Crippen LogP contribution in [0.5, 0.6) is 0 Å². The van der Waals surface area contributed by atoms with Gasteiger partial charge in [-0.05, 0) is 37.5 Å². The van der Waals surface area contributed by atoms with E-state index in [0.29, 0.717) is 6.54 Å². The van der Waals surface area contributed by atoms with Gasteiger partial charge in [-0.2, -0.15) is 0 Å². The average molecular weight is 474 g/mol. The maximum Gasteiger partial charge on any atom is 0.226 e. The molecule has 1 aliphatic heterocycles. The Morgan fingerprint density at radius 3 is 2.50 bits per heavy atom. The second-order valence-corrected chi connectivity index (χ2v) is 7.02. The quantitative estimate of drug-likeness (QED) is 0.337. The van der Waals surface area contributed by atoms with Crippen molar-refractivity contribution in [2.45, 2.75) is 45.8 Å². The van der Waals surface area contributed by atoms with E-state index in [9.17, 15) is 4.79 Å². The second kappa shape index (κ2) is 10.7. The molecule has 146 valence electrons. The van der Waals surface area contributed by atoms with Crippen LogP contribution in [0.2, 0.25) is 0 Å². The lowest BCUT2D eigenvalue weighted by molar-refractivity contribution is -0.118. The first-order valence-corrected chi connectivity index (χ1v) is 8.90. The van der Waals surface area contributed by atoms with Gasteiger partial charge in [0.15, 0.2) is 5.96 Å². The maximum absolute atomic E-state index is 11.7. The van der Waals surface area contributed by atoms with E-state index in [0.717, 1.165) is 43.2 Å². The van der Waals surface area contributed by atoms with Gasteiger partial charge in [-0.1, -0.05) is 26.0 Å². The zero-order chi connectivity index (χ0) is 18.3. The van der Waals surface area contributed by atoms with Gasteiger partial charge in [0.25, 0.3) is 0 Å². The van der Waals surface area contributed by atoms with Crippen LogP contribution in [0.25, 0.3) is 0 Å². The SMILES string of the molecule is CN=C(NCc1ccc(NC(=O)C(C)C)cc1)NCC1(C)CCCO1.I. The number of halogens is 1. The van der Waals surface area contributed by atoms with Gasteiger partial charge < -0.3 is 20.7 Å². The number of ether oxygens (including phenoxy) is 1. The minimum atomic E-state index is -0.103. The summed E-state index contributed by atoms with van der Waals surface area (Å²) in [4.78, 5) is 16.0. The lowest BCUT2D eigenvalue weighted by atomic mass is 10.0. The molecular weight excluding hydrogens is 443 g/mol. The van der Waals surface area contributed by atoms with Crippen LogP contribution in [0.1, 0.15) is 39.2 Å². The summed E-state index contributed by atoms with van der Waals surface area (Å²) in [5.74, 6) is 0.758. The fourth-order valence-corrected chi connectivity index (χ4v) is 2.65. The summed E-state index contributed by atoms with van der Waals surface area (Å²) in [7, 11) is 1.76. The molecule has 1 saturated heterocycles. The lowest BCUT2D eigenvalue weighted by Crippen LogP contribution is -2.45. The third kappa shape index (κ3) is 7.11. The molecular formula is C19H31IN4O2. The fraction of sp³-hybridized carbons (Fsp3) is 0.579. The van der Waals surface area contributed by atoms with Crippen LogP contribution >= 0.6 is 24.0 Å². The largest absolute Gasteiger partial charge is 0.373 e. The molecule has 1 amide bonds. The number of hydrogen-bond acceptors (Lipinski definition) is 3. The number of amides is 1. The predicted molar refractivity (Wildman–Crippen MR) is 117 cm³/mol. The van der Waals surface area contributed by atoms with Crippen LogP contribution in [0.15, 0.2) is 29.3 Å². The van der Waals surface area contributed by atoms with Crippen LogP contribution in [-0.2, 0) is 16.1 Å². The van der Waals surface area contributed by atoms with Crippen molar-refractivity contribution in [3.8, 4) is 0 Å². The van der Waals surface area contributed by atoms with Gasteiger partial charge in [0.2, 0.25) is 5.91 Å². The van der Waals surface area contributed by atoms with Crippen LogP contribution in [-0.4, -0.2) is 37.7 Å². The minimum absolute atomic E-state index is 0. The van der Waals surface area contributed by atoms with Gasteiger partial charge >= 0.3 is 0 Å². The van der Waals surface area contributed by atoms with Crippen molar-refractivity contribution in [3.05, 3.63) is 29.8 Å². The summed E-state index contributed by atoms with van der Waals surface area (Å²) in [5.41, 5.74) is 1.83. The zero-order valence-electron chi connectivity index (χ0n) is 16.1. The van der Waals surface area contributed by atoms with E-state index in [-0.39, 0.29) is 41.4 Å². The van der Waals surface area contributed by atoms with E-state index in [1.807, 2.05) is 38.1 Å². The highest BCUT2D eigenvalue weighted by Gasteiger charge is 2.29. The molecule has 26 heavy (non-hydrogen) atoms. The van der Waals surface area contributed by atoms with Crippen LogP contribution in [0, 0.1) is 5.92 Å². The molecule has 3 N–H and O–H groups in total. The lowest BCUT2D eigenvalue weighted by Gasteiger charge is -2.24. The van der Waals surface area contributed by atoms with Crippen LogP contribution in [0.3, 0.4) is 0 Å². The number of carbonyl (C=O) groups is 1. The molecule has 0 bridgehead atoms. The summed E-state index contributed by atoms with van der Waals surface area (Å²) >= 11 is 0. The summed E-state index contributed by atoms with van der Waals surface area (Å²) in [6, 6.07) is 7.83. The minimum Gasteiger partial charge on any atom is -0.373 e. The van der Waals surface area contributed by atoms with Crippen molar-refractivity contribution in [1.29, 1.82) is 0 Å². The number of rotatable bonds is 6. The standard InChI is InChI=1S/C19H30N4O2.HI/c1-14(2)17(24)23-16-8-6-15(7-9-16)12-21-18(20-4)22-13-19(3)10-5-11-25-19;/h6-9,14H,5,10-13H2,1-4H3,(H,23,24)(H2,20,21,22);1H. The Hall–Kier alpha value is -1.35.